The first-order valence-electron chi connectivity index (χ1n) is 10.8. The Labute approximate surface area is 194 Å². The van der Waals surface area contributed by atoms with Gasteiger partial charge in [0.2, 0.25) is 11.8 Å². The number of imide groups is 1. The van der Waals surface area contributed by atoms with Gasteiger partial charge in [-0.25, -0.2) is 9.69 Å². The van der Waals surface area contributed by atoms with Gasteiger partial charge in [0.1, 0.15) is 5.60 Å². The fraction of sp³-hybridized carbons (Fsp3) is 0.333. The molecule has 3 aliphatic rings. The Morgan fingerprint density at radius 3 is 2.32 bits per heavy atom. The number of esters is 1. The third-order valence-corrected chi connectivity index (χ3v) is 6.26. The normalized spacial score (nSPS) is 25.1. The van der Waals surface area contributed by atoms with Gasteiger partial charge in [0.25, 0.3) is 5.69 Å². The molecule has 2 aromatic carbocycles. The summed E-state index contributed by atoms with van der Waals surface area (Å²) in [6.45, 7) is 5.19. The SMILES string of the molecule is CC(C)(C)OC(=O)[C@@H]1[C@@H]2C(=O)N(c3ccc([N+](=O)[O-])cc3)C(=O)[C@H]2[C@H]2c3ccccc3C=NN12. The summed E-state index contributed by atoms with van der Waals surface area (Å²) in [7, 11) is 0. The maximum Gasteiger partial charge on any atom is 0.331 e. The Morgan fingerprint density at radius 1 is 1.03 bits per heavy atom. The van der Waals surface area contributed by atoms with Crippen LogP contribution in [0.15, 0.2) is 53.6 Å². The lowest BCUT2D eigenvalue weighted by Gasteiger charge is -2.34. The van der Waals surface area contributed by atoms with Gasteiger partial charge in [-0.1, -0.05) is 24.3 Å². The van der Waals surface area contributed by atoms with Crippen molar-refractivity contribution in [1.82, 2.24) is 5.01 Å². The molecule has 0 N–H and O–H groups in total. The number of hydrogen-bond donors (Lipinski definition) is 0. The Hall–Kier alpha value is -4.08. The average Bonchev–Trinajstić information content (AvgIpc) is 3.25. The molecule has 2 aromatic rings. The fourth-order valence-electron chi connectivity index (χ4n) is 4.98. The number of fused-ring (bicyclic) bond motifs is 5. The number of hydrazone groups is 1. The molecule has 2 fully saturated rings. The van der Waals surface area contributed by atoms with Crippen LogP contribution in [0.1, 0.15) is 37.9 Å². The molecule has 0 bridgehead atoms. The highest BCUT2D eigenvalue weighted by Gasteiger charge is 2.66. The van der Waals surface area contributed by atoms with Gasteiger partial charge in [-0.15, -0.1) is 0 Å². The molecular formula is C24H22N4O6. The molecule has 0 saturated carbocycles. The topological polar surface area (TPSA) is 122 Å². The summed E-state index contributed by atoms with van der Waals surface area (Å²) in [5.41, 5.74) is 0.867. The van der Waals surface area contributed by atoms with E-state index in [1.54, 1.807) is 27.0 Å². The third-order valence-electron chi connectivity index (χ3n) is 6.26. The highest BCUT2D eigenvalue weighted by Crippen LogP contribution is 2.52. The molecule has 4 atom stereocenters. The van der Waals surface area contributed by atoms with Crippen LogP contribution in [0.3, 0.4) is 0 Å². The minimum atomic E-state index is -1.08. The Morgan fingerprint density at radius 2 is 1.68 bits per heavy atom. The maximum absolute atomic E-state index is 13.7. The number of amides is 2. The van der Waals surface area contributed by atoms with Crippen LogP contribution in [0, 0.1) is 22.0 Å². The number of ether oxygens (including phenoxy) is 1. The van der Waals surface area contributed by atoms with E-state index in [1.807, 2.05) is 24.3 Å². The van der Waals surface area contributed by atoms with Gasteiger partial charge in [0.15, 0.2) is 6.04 Å². The molecule has 10 nitrogen and oxygen atoms in total. The first-order chi connectivity index (χ1) is 16.1. The monoisotopic (exact) mass is 462 g/mol. The number of nitro groups is 1. The van der Waals surface area contributed by atoms with Crippen LogP contribution in [0.25, 0.3) is 0 Å². The summed E-state index contributed by atoms with van der Waals surface area (Å²) >= 11 is 0. The molecule has 34 heavy (non-hydrogen) atoms. The van der Waals surface area contributed by atoms with Crippen molar-refractivity contribution in [3.8, 4) is 0 Å². The van der Waals surface area contributed by atoms with Crippen molar-refractivity contribution in [3.05, 3.63) is 69.8 Å². The van der Waals surface area contributed by atoms with Crippen LogP contribution in [-0.2, 0) is 19.1 Å². The summed E-state index contributed by atoms with van der Waals surface area (Å²) < 4.78 is 5.62. The molecule has 10 heteroatoms. The second-order valence-electron chi connectivity index (χ2n) is 9.51. The Kier molecular flexibility index (Phi) is 4.78. The van der Waals surface area contributed by atoms with Gasteiger partial charge in [-0.3, -0.25) is 24.7 Å². The third kappa shape index (κ3) is 3.25. The van der Waals surface area contributed by atoms with Crippen molar-refractivity contribution in [2.75, 3.05) is 4.90 Å². The molecule has 0 aromatic heterocycles. The molecule has 0 spiro atoms. The number of non-ortho nitro benzene ring substituents is 1. The number of nitro benzene ring substituents is 1. The summed E-state index contributed by atoms with van der Waals surface area (Å²) in [6, 6.07) is 10.9. The van der Waals surface area contributed by atoms with Crippen LogP contribution < -0.4 is 4.90 Å². The summed E-state index contributed by atoms with van der Waals surface area (Å²) in [6.07, 6.45) is 1.62. The number of carbonyl (C=O) groups excluding carboxylic acids is 3. The predicted octanol–water partition coefficient (Wildman–Crippen LogP) is 2.82. The molecule has 174 valence electrons. The first kappa shape index (κ1) is 21.7. The molecule has 3 heterocycles. The van der Waals surface area contributed by atoms with E-state index >= 15 is 0 Å². The van der Waals surface area contributed by atoms with E-state index in [-0.39, 0.29) is 11.4 Å². The lowest BCUT2D eigenvalue weighted by atomic mass is 9.85. The highest BCUT2D eigenvalue weighted by atomic mass is 16.6. The van der Waals surface area contributed by atoms with Gasteiger partial charge < -0.3 is 4.74 Å². The largest absolute Gasteiger partial charge is 0.458 e. The number of carbonyl (C=O) groups is 3. The fourth-order valence-corrected chi connectivity index (χ4v) is 4.98. The minimum absolute atomic E-state index is 0.156. The number of benzene rings is 2. The van der Waals surface area contributed by atoms with E-state index in [4.69, 9.17) is 4.74 Å². The van der Waals surface area contributed by atoms with E-state index < -0.39 is 52.2 Å². The van der Waals surface area contributed by atoms with E-state index in [1.165, 1.54) is 29.3 Å². The highest BCUT2D eigenvalue weighted by molar-refractivity contribution is 6.24. The molecular weight excluding hydrogens is 440 g/mol. The van der Waals surface area contributed by atoms with Crippen molar-refractivity contribution in [2.24, 2.45) is 16.9 Å². The van der Waals surface area contributed by atoms with Crippen LogP contribution >= 0.6 is 0 Å². The maximum atomic E-state index is 13.7. The molecule has 3 aliphatic heterocycles. The molecule has 5 rings (SSSR count). The molecule has 2 saturated heterocycles. The summed E-state index contributed by atoms with van der Waals surface area (Å²) in [5, 5.41) is 17.0. The summed E-state index contributed by atoms with van der Waals surface area (Å²) in [4.78, 5) is 52.1. The molecule has 0 unspecified atom stereocenters. The van der Waals surface area contributed by atoms with Gasteiger partial charge in [0, 0.05) is 12.1 Å². The van der Waals surface area contributed by atoms with Crippen LogP contribution in [0.4, 0.5) is 11.4 Å². The smallest absolute Gasteiger partial charge is 0.331 e. The number of rotatable bonds is 3. The van der Waals surface area contributed by atoms with Gasteiger partial charge in [-0.05, 0) is 44.0 Å². The van der Waals surface area contributed by atoms with E-state index in [0.717, 1.165) is 16.0 Å². The lowest BCUT2D eigenvalue weighted by molar-refractivity contribution is -0.384. The van der Waals surface area contributed by atoms with E-state index in [2.05, 4.69) is 5.10 Å². The van der Waals surface area contributed by atoms with Crippen molar-refractivity contribution in [1.29, 1.82) is 0 Å². The standard InChI is InChI=1S/C24H22N4O6/c1-24(2,3)34-23(31)20-18-17(19-16-7-5-4-6-13(16)12-25-27(19)20)21(29)26(22(18)30)14-8-10-15(11-9-14)28(32)33/h4-12,17-20H,1-3H3/t17-,18-,19-,20+/m1/s1. The zero-order valence-electron chi connectivity index (χ0n) is 18.7. The van der Waals surface area contributed by atoms with Crippen LogP contribution in [0.5, 0.6) is 0 Å². The van der Waals surface area contributed by atoms with Crippen LogP contribution in [0.2, 0.25) is 0 Å². The zero-order valence-corrected chi connectivity index (χ0v) is 18.7. The molecule has 0 aliphatic carbocycles. The first-order valence-corrected chi connectivity index (χ1v) is 10.8. The van der Waals surface area contributed by atoms with Crippen molar-refractivity contribution in [2.45, 2.75) is 38.5 Å². The van der Waals surface area contributed by atoms with Gasteiger partial charge >= 0.3 is 5.97 Å². The second-order valence-corrected chi connectivity index (χ2v) is 9.51. The van der Waals surface area contributed by atoms with Crippen molar-refractivity contribution in [3.63, 3.8) is 0 Å². The average molecular weight is 462 g/mol. The Balaban J connectivity index is 1.60. The van der Waals surface area contributed by atoms with Gasteiger partial charge in [0.05, 0.1) is 34.7 Å². The lowest BCUT2D eigenvalue weighted by Crippen LogP contribution is -2.46. The van der Waals surface area contributed by atoms with Crippen LogP contribution in [-0.4, -0.2) is 45.6 Å². The minimum Gasteiger partial charge on any atom is -0.458 e. The number of nitrogens with zero attached hydrogens (tertiary/aromatic N) is 4. The summed E-state index contributed by atoms with van der Waals surface area (Å²) in [5.74, 6) is -3.53. The zero-order chi connectivity index (χ0) is 24.4. The molecule has 2 amide bonds. The predicted molar refractivity (Wildman–Crippen MR) is 121 cm³/mol. The quantitative estimate of drug-likeness (QED) is 0.297. The number of hydrogen-bond acceptors (Lipinski definition) is 8. The van der Waals surface area contributed by atoms with Gasteiger partial charge in [-0.2, -0.15) is 5.10 Å². The van der Waals surface area contributed by atoms with Crippen molar-refractivity contribution < 1.29 is 24.0 Å². The van der Waals surface area contributed by atoms with E-state index in [0.29, 0.717) is 0 Å². The second kappa shape index (κ2) is 7.47. The Bertz CT molecular complexity index is 1250. The molecule has 0 radical (unpaired) electrons. The number of anilines is 1. The van der Waals surface area contributed by atoms with E-state index in [9.17, 15) is 24.5 Å². The van der Waals surface area contributed by atoms with Crippen molar-refractivity contribution >= 4 is 35.4 Å².